The molecular weight excluding hydrogens is 142 g/mol. The van der Waals surface area contributed by atoms with E-state index in [9.17, 15) is 4.57 Å². The predicted molar refractivity (Wildman–Crippen MR) is 24.2 cm³/mol. The standard InChI is InChI=1S/C2H6O3P.Na.H2O/c1-2-6(3,4)5;;/h1-2H2,(H2,3,4,5);;1H2/q;+1;/p-1. The smallest absolute Gasteiger partial charge is 0.870 e. The molecule has 0 atom stereocenters. The maximum atomic E-state index is 9.63. The first-order valence-corrected chi connectivity index (χ1v) is 3.20. The molecule has 4 nitrogen and oxygen atoms in total. The van der Waals surface area contributed by atoms with Gasteiger partial charge in [0.05, 0.1) is 0 Å². The molecule has 0 saturated carbocycles. The molecule has 0 aliphatic rings. The van der Waals surface area contributed by atoms with Gasteiger partial charge in [0.1, 0.15) is 0 Å². The molecule has 0 bridgehead atoms. The molecule has 3 N–H and O–H groups in total. The molecule has 45 valence electrons. The summed E-state index contributed by atoms with van der Waals surface area (Å²) in [5.74, 6) is 0. The van der Waals surface area contributed by atoms with Gasteiger partial charge in [-0.2, -0.15) is 0 Å². The minimum atomic E-state index is -3.76. The van der Waals surface area contributed by atoms with Crippen molar-refractivity contribution in [2.75, 3.05) is 6.16 Å². The second-order valence-electron chi connectivity index (χ2n) is 0.888. The van der Waals surface area contributed by atoms with Crippen molar-refractivity contribution in [2.24, 2.45) is 0 Å². The Balaban J connectivity index is -0.000000125. The summed E-state index contributed by atoms with van der Waals surface area (Å²) >= 11 is 0. The molecule has 0 rings (SSSR count). The van der Waals surface area contributed by atoms with Crippen molar-refractivity contribution in [2.45, 2.75) is 0 Å². The minimum Gasteiger partial charge on any atom is -0.870 e. The number of rotatable bonds is 1. The van der Waals surface area contributed by atoms with Gasteiger partial charge in [-0.15, -0.1) is 0 Å². The van der Waals surface area contributed by atoms with Gasteiger partial charge in [-0.1, -0.05) is 0 Å². The summed E-state index contributed by atoms with van der Waals surface area (Å²) in [6, 6.07) is 0. The zero-order chi connectivity index (χ0) is 5.21. The Labute approximate surface area is 70.0 Å². The van der Waals surface area contributed by atoms with Gasteiger partial charge in [0.25, 0.3) is 0 Å². The van der Waals surface area contributed by atoms with E-state index in [1.807, 2.05) is 0 Å². The molecule has 0 amide bonds. The molecule has 1 radical (unpaired) electrons. The Hall–Kier alpha value is 1.11. The average molecular weight is 149 g/mol. The van der Waals surface area contributed by atoms with Crippen molar-refractivity contribution in [1.29, 1.82) is 0 Å². The Morgan fingerprint density at radius 1 is 1.50 bits per heavy atom. The fourth-order valence-electron chi connectivity index (χ4n) is 0. The summed E-state index contributed by atoms with van der Waals surface area (Å²) in [5.41, 5.74) is 0. The summed E-state index contributed by atoms with van der Waals surface area (Å²) in [6.07, 6.45) is -0.312. The van der Waals surface area contributed by atoms with Gasteiger partial charge in [0, 0.05) is 6.16 Å². The molecule has 0 aromatic rings. The van der Waals surface area contributed by atoms with E-state index in [0.717, 1.165) is 0 Å². The topological polar surface area (TPSA) is 87.5 Å². The van der Waals surface area contributed by atoms with E-state index >= 15 is 0 Å². The van der Waals surface area contributed by atoms with Crippen LogP contribution >= 0.6 is 7.60 Å². The Morgan fingerprint density at radius 3 is 1.62 bits per heavy atom. The fourth-order valence-corrected chi connectivity index (χ4v) is 0. The van der Waals surface area contributed by atoms with Gasteiger partial charge in [-0.3, -0.25) is 4.57 Å². The van der Waals surface area contributed by atoms with Gasteiger partial charge >= 0.3 is 37.2 Å². The number of hydrogen-bond donors (Lipinski definition) is 2. The van der Waals surface area contributed by atoms with Crippen LogP contribution in [0.15, 0.2) is 0 Å². The van der Waals surface area contributed by atoms with E-state index < -0.39 is 7.60 Å². The summed E-state index contributed by atoms with van der Waals surface area (Å²) in [5, 5.41) is 0. The van der Waals surface area contributed by atoms with Crippen LogP contribution in [0.25, 0.3) is 0 Å². The van der Waals surface area contributed by atoms with E-state index in [1.54, 1.807) is 0 Å². The average Bonchev–Trinajstić information content (AvgIpc) is 1.35. The predicted octanol–water partition coefficient (Wildman–Crippen LogP) is -3.17. The molecule has 0 aromatic carbocycles. The third-order valence-corrected chi connectivity index (χ3v) is 0.874. The van der Waals surface area contributed by atoms with Gasteiger partial charge in [-0.05, 0) is 6.92 Å². The van der Waals surface area contributed by atoms with Crippen LogP contribution in [0.5, 0.6) is 0 Å². The molecule has 0 unspecified atom stereocenters. The van der Waals surface area contributed by atoms with E-state index in [1.165, 1.54) is 0 Å². The molecule has 0 aromatic heterocycles. The first kappa shape index (κ1) is 16.1. The number of hydrogen-bond acceptors (Lipinski definition) is 2. The summed E-state index contributed by atoms with van der Waals surface area (Å²) in [4.78, 5) is 15.8. The summed E-state index contributed by atoms with van der Waals surface area (Å²) in [6.45, 7) is 2.99. The monoisotopic (exact) mass is 149 g/mol. The van der Waals surface area contributed by atoms with Crippen LogP contribution in [-0.2, 0) is 4.57 Å². The van der Waals surface area contributed by atoms with Gasteiger partial charge in [0.15, 0.2) is 0 Å². The largest absolute Gasteiger partial charge is 1.00 e. The maximum absolute atomic E-state index is 9.63. The second-order valence-corrected chi connectivity index (χ2v) is 2.66. The third kappa shape index (κ3) is 15.7. The van der Waals surface area contributed by atoms with E-state index in [4.69, 9.17) is 9.79 Å². The fraction of sp³-hybridized carbons (Fsp3) is 0.500. The first-order valence-electron chi connectivity index (χ1n) is 1.40. The van der Waals surface area contributed by atoms with Gasteiger partial charge in [0.2, 0.25) is 0 Å². The van der Waals surface area contributed by atoms with E-state index in [2.05, 4.69) is 6.92 Å². The van der Waals surface area contributed by atoms with Crippen LogP contribution in [0.1, 0.15) is 0 Å². The third-order valence-electron chi connectivity index (χ3n) is 0.291. The summed E-state index contributed by atoms with van der Waals surface area (Å²) in [7, 11) is -3.76. The maximum Gasteiger partial charge on any atom is 1.00 e. The quantitative estimate of drug-likeness (QED) is 0.304. The van der Waals surface area contributed by atoms with Crippen molar-refractivity contribution < 1.29 is 49.4 Å². The zero-order valence-electron chi connectivity index (χ0n) is 4.61. The molecule has 0 fully saturated rings. The van der Waals surface area contributed by atoms with Crippen molar-refractivity contribution in [3.05, 3.63) is 6.92 Å². The van der Waals surface area contributed by atoms with E-state index in [-0.39, 0.29) is 41.2 Å². The Bertz CT molecular complexity index is 78.1. The normalized spacial score (nSPS) is 8.88. The Morgan fingerprint density at radius 2 is 1.62 bits per heavy atom. The van der Waals surface area contributed by atoms with Crippen LogP contribution in [0.2, 0.25) is 0 Å². The first-order chi connectivity index (χ1) is 2.56. The van der Waals surface area contributed by atoms with E-state index in [0.29, 0.717) is 0 Å². The van der Waals surface area contributed by atoms with Crippen LogP contribution in [-0.4, -0.2) is 21.4 Å². The van der Waals surface area contributed by atoms with Crippen LogP contribution < -0.4 is 29.6 Å². The molecule has 0 saturated heterocycles. The SMILES string of the molecule is [CH2]CP(=O)(O)O.[Na+].[OH-]. The molecular formula is C2H7NaO4P. The van der Waals surface area contributed by atoms with Crippen molar-refractivity contribution >= 4 is 7.60 Å². The molecule has 0 aliphatic heterocycles. The summed E-state index contributed by atoms with van der Waals surface area (Å²) < 4.78 is 9.63. The molecule has 0 spiro atoms. The van der Waals surface area contributed by atoms with Crippen LogP contribution in [0.4, 0.5) is 0 Å². The zero-order valence-corrected chi connectivity index (χ0v) is 7.51. The second kappa shape index (κ2) is 6.23. The van der Waals surface area contributed by atoms with Crippen molar-refractivity contribution in [3.8, 4) is 0 Å². The molecule has 0 heterocycles. The minimum absolute atomic E-state index is 0. The molecule has 8 heavy (non-hydrogen) atoms. The van der Waals surface area contributed by atoms with Gasteiger partial charge < -0.3 is 15.3 Å². The van der Waals surface area contributed by atoms with Gasteiger partial charge in [-0.25, -0.2) is 0 Å². The molecule has 0 aliphatic carbocycles. The Kier molecular flexibility index (Phi) is 12.5. The van der Waals surface area contributed by atoms with Crippen molar-refractivity contribution in [1.82, 2.24) is 0 Å². The van der Waals surface area contributed by atoms with Crippen molar-refractivity contribution in [3.63, 3.8) is 0 Å². The molecule has 6 heteroatoms. The van der Waals surface area contributed by atoms with Crippen LogP contribution in [0, 0.1) is 6.92 Å². The van der Waals surface area contributed by atoms with Crippen LogP contribution in [0.3, 0.4) is 0 Å².